The summed E-state index contributed by atoms with van der Waals surface area (Å²) in [6.45, 7) is 7.54. The van der Waals surface area contributed by atoms with Crippen LogP contribution in [0.5, 0.6) is 5.75 Å². The Kier molecular flexibility index (Phi) is 4.40. The van der Waals surface area contributed by atoms with Gasteiger partial charge in [-0.15, -0.1) is 0 Å². The number of rotatable bonds is 4. The van der Waals surface area contributed by atoms with Crippen LogP contribution in [-0.4, -0.2) is 4.98 Å². The van der Waals surface area contributed by atoms with Crippen LogP contribution in [0.4, 0.5) is 0 Å². The maximum absolute atomic E-state index is 5.93. The van der Waals surface area contributed by atoms with Crippen molar-refractivity contribution in [3.05, 3.63) is 59.4 Å². The van der Waals surface area contributed by atoms with Crippen LogP contribution in [0, 0.1) is 0 Å². The molecule has 0 fully saturated rings. The molecule has 0 saturated carbocycles. The highest BCUT2D eigenvalue weighted by Crippen LogP contribution is 2.31. The first kappa shape index (κ1) is 14.5. The lowest BCUT2D eigenvalue weighted by atomic mass is 9.86. The van der Waals surface area contributed by atoms with Gasteiger partial charge in [-0.1, -0.05) is 45.0 Å². The number of pyridine rings is 1. The lowest BCUT2D eigenvalue weighted by molar-refractivity contribution is 0.293. The van der Waals surface area contributed by atoms with Crippen LogP contribution in [0.25, 0.3) is 0 Å². The molecule has 2 aromatic rings. The van der Waals surface area contributed by atoms with Crippen LogP contribution >= 0.6 is 0 Å². The molecule has 1 aromatic carbocycles. The maximum Gasteiger partial charge on any atom is 0.130 e. The number of nitrogens with zero attached hydrogens (tertiary/aromatic N) is 1. The minimum atomic E-state index is 0.0629. The van der Waals surface area contributed by atoms with Crippen molar-refractivity contribution in [2.24, 2.45) is 5.73 Å². The summed E-state index contributed by atoms with van der Waals surface area (Å²) in [6.07, 6.45) is 1.80. The quantitative estimate of drug-likeness (QED) is 0.926. The summed E-state index contributed by atoms with van der Waals surface area (Å²) in [5.74, 6) is 0.921. The first-order valence-corrected chi connectivity index (χ1v) is 6.87. The number of ether oxygens (including phenoxy) is 1. The highest BCUT2D eigenvalue weighted by atomic mass is 16.5. The second-order valence-electron chi connectivity index (χ2n) is 5.90. The van der Waals surface area contributed by atoms with Gasteiger partial charge in [0.15, 0.2) is 0 Å². The molecule has 0 spiro atoms. The number of hydrogen-bond donors (Lipinski definition) is 1. The minimum absolute atomic E-state index is 0.0629. The van der Waals surface area contributed by atoms with Gasteiger partial charge < -0.3 is 10.5 Å². The molecule has 106 valence electrons. The van der Waals surface area contributed by atoms with Gasteiger partial charge in [0, 0.05) is 12.7 Å². The highest BCUT2D eigenvalue weighted by Gasteiger charge is 2.18. The Morgan fingerprint density at radius 2 is 1.85 bits per heavy atom. The summed E-state index contributed by atoms with van der Waals surface area (Å²) in [4.78, 5) is 4.35. The van der Waals surface area contributed by atoms with Crippen molar-refractivity contribution >= 4 is 0 Å². The Morgan fingerprint density at radius 3 is 2.45 bits per heavy atom. The third kappa shape index (κ3) is 3.58. The highest BCUT2D eigenvalue weighted by molar-refractivity contribution is 5.38. The van der Waals surface area contributed by atoms with Crippen LogP contribution in [-0.2, 0) is 18.6 Å². The van der Waals surface area contributed by atoms with Crippen molar-refractivity contribution in [3.63, 3.8) is 0 Å². The van der Waals surface area contributed by atoms with Gasteiger partial charge in [-0.3, -0.25) is 4.98 Å². The van der Waals surface area contributed by atoms with E-state index in [9.17, 15) is 0 Å². The van der Waals surface area contributed by atoms with E-state index < -0.39 is 0 Å². The third-order valence-corrected chi connectivity index (χ3v) is 3.19. The van der Waals surface area contributed by atoms with Gasteiger partial charge in [0.25, 0.3) is 0 Å². The standard InChI is InChI=1S/C17H22N2O/c1-17(2,3)15-6-4-5-7-16(15)20-12-14-9-8-13(10-18)11-19-14/h4-9,11H,10,12,18H2,1-3H3. The smallest absolute Gasteiger partial charge is 0.130 e. The van der Waals surface area contributed by atoms with E-state index in [1.807, 2.05) is 30.3 Å². The molecule has 0 atom stereocenters. The molecule has 1 aromatic heterocycles. The summed E-state index contributed by atoms with van der Waals surface area (Å²) in [5.41, 5.74) is 8.77. The molecular formula is C17H22N2O. The monoisotopic (exact) mass is 270 g/mol. The Hall–Kier alpha value is -1.87. The van der Waals surface area contributed by atoms with Crippen molar-refractivity contribution < 1.29 is 4.74 Å². The Labute approximate surface area is 120 Å². The zero-order chi connectivity index (χ0) is 14.6. The molecule has 3 heteroatoms. The number of aromatic nitrogens is 1. The summed E-state index contributed by atoms with van der Waals surface area (Å²) in [7, 11) is 0. The summed E-state index contributed by atoms with van der Waals surface area (Å²) >= 11 is 0. The average Bonchev–Trinajstić information content (AvgIpc) is 2.45. The fourth-order valence-electron chi connectivity index (χ4n) is 2.03. The maximum atomic E-state index is 5.93. The van der Waals surface area contributed by atoms with Crippen LogP contribution in [0.1, 0.15) is 37.6 Å². The molecule has 3 nitrogen and oxygen atoms in total. The van der Waals surface area contributed by atoms with E-state index in [0.717, 1.165) is 17.0 Å². The van der Waals surface area contributed by atoms with E-state index in [1.165, 1.54) is 5.56 Å². The Balaban J connectivity index is 2.10. The number of hydrogen-bond acceptors (Lipinski definition) is 3. The van der Waals surface area contributed by atoms with Crippen molar-refractivity contribution in [2.75, 3.05) is 0 Å². The molecule has 0 aliphatic carbocycles. The zero-order valence-corrected chi connectivity index (χ0v) is 12.4. The summed E-state index contributed by atoms with van der Waals surface area (Å²) < 4.78 is 5.93. The van der Waals surface area contributed by atoms with Gasteiger partial charge in [-0.05, 0) is 28.7 Å². The average molecular weight is 270 g/mol. The fourth-order valence-corrected chi connectivity index (χ4v) is 2.03. The summed E-state index contributed by atoms with van der Waals surface area (Å²) in [5, 5.41) is 0. The van der Waals surface area contributed by atoms with Gasteiger partial charge in [0.2, 0.25) is 0 Å². The largest absolute Gasteiger partial charge is 0.487 e. The lowest BCUT2D eigenvalue weighted by Gasteiger charge is -2.22. The molecule has 0 saturated heterocycles. The second kappa shape index (κ2) is 6.06. The predicted octanol–water partition coefficient (Wildman–Crippen LogP) is 3.42. The van der Waals surface area contributed by atoms with E-state index in [1.54, 1.807) is 6.20 Å². The zero-order valence-electron chi connectivity index (χ0n) is 12.4. The molecule has 0 bridgehead atoms. The van der Waals surface area contributed by atoms with Crippen LogP contribution in [0.3, 0.4) is 0 Å². The molecule has 0 aliphatic heterocycles. The molecule has 20 heavy (non-hydrogen) atoms. The molecule has 2 N–H and O–H groups in total. The fraction of sp³-hybridized carbons (Fsp3) is 0.353. The van der Waals surface area contributed by atoms with Crippen molar-refractivity contribution in [1.29, 1.82) is 0 Å². The van der Waals surface area contributed by atoms with Crippen molar-refractivity contribution in [1.82, 2.24) is 4.98 Å². The van der Waals surface area contributed by atoms with E-state index in [0.29, 0.717) is 13.2 Å². The molecular weight excluding hydrogens is 248 g/mol. The molecule has 0 unspecified atom stereocenters. The van der Waals surface area contributed by atoms with E-state index in [-0.39, 0.29) is 5.41 Å². The first-order valence-electron chi connectivity index (χ1n) is 6.87. The molecule has 0 aliphatic rings. The van der Waals surface area contributed by atoms with E-state index in [4.69, 9.17) is 10.5 Å². The Morgan fingerprint density at radius 1 is 1.10 bits per heavy atom. The van der Waals surface area contributed by atoms with Gasteiger partial charge in [-0.2, -0.15) is 0 Å². The van der Waals surface area contributed by atoms with E-state index in [2.05, 4.69) is 31.8 Å². The van der Waals surface area contributed by atoms with Crippen LogP contribution in [0.2, 0.25) is 0 Å². The molecule has 2 rings (SSSR count). The predicted molar refractivity (Wildman–Crippen MR) is 81.6 cm³/mol. The molecule has 0 amide bonds. The first-order chi connectivity index (χ1) is 9.50. The van der Waals surface area contributed by atoms with Gasteiger partial charge >= 0.3 is 0 Å². The SMILES string of the molecule is CC(C)(C)c1ccccc1OCc1ccc(CN)cn1. The van der Waals surface area contributed by atoms with Crippen molar-refractivity contribution in [2.45, 2.75) is 39.3 Å². The minimum Gasteiger partial charge on any atom is -0.487 e. The third-order valence-electron chi connectivity index (χ3n) is 3.19. The van der Waals surface area contributed by atoms with Crippen LogP contribution < -0.4 is 10.5 Å². The lowest BCUT2D eigenvalue weighted by Crippen LogP contribution is -2.13. The van der Waals surface area contributed by atoms with Gasteiger partial charge in [0.05, 0.1) is 5.69 Å². The second-order valence-corrected chi connectivity index (χ2v) is 5.90. The topological polar surface area (TPSA) is 48.1 Å². The molecule has 0 radical (unpaired) electrons. The number of benzene rings is 1. The van der Waals surface area contributed by atoms with Crippen LogP contribution in [0.15, 0.2) is 42.6 Å². The normalized spacial score (nSPS) is 11.4. The summed E-state index contributed by atoms with van der Waals surface area (Å²) in [6, 6.07) is 12.1. The number of nitrogens with two attached hydrogens (primary N) is 1. The van der Waals surface area contributed by atoms with Gasteiger partial charge in [-0.25, -0.2) is 0 Å². The number of para-hydroxylation sites is 1. The Bertz CT molecular complexity index is 556. The van der Waals surface area contributed by atoms with Crippen molar-refractivity contribution in [3.8, 4) is 5.75 Å². The van der Waals surface area contributed by atoms with E-state index >= 15 is 0 Å². The molecule has 1 heterocycles. The van der Waals surface area contributed by atoms with Gasteiger partial charge in [0.1, 0.15) is 12.4 Å².